The van der Waals surface area contributed by atoms with Gasteiger partial charge in [-0.15, -0.1) is 0 Å². The van der Waals surface area contributed by atoms with Gasteiger partial charge in [0.15, 0.2) is 0 Å². The highest BCUT2D eigenvalue weighted by molar-refractivity contribution is 7.89. The highest BCUT2D eigenvalue weighted by Gasteiger charge is 2.31. The van der Waals surface area contributed by atoms with Crippen LogP contribution in [0.3, 0.4) is 0 Å². The maximum atomic E-state index is 12.8. The monoisotopic (exact) mass is 412 g/mol. The molecule has 1 amide bonds. The van der Waals surface area contributed by atoms with E-state index in [1.54, 1.807) is 12.1 Å². The first-order chi connectivity index (χ1) is 13.9. The van der Waals surface area contributed by atoms with Crippen molar-refractivity contribution in [3.8, 4) is 0 Å². The minimum absolute atomic E-state index is 0.0450. The van der Waals surface area contributed by atoms with Crippen molar-refractivity contribution in [1.82, 2.24) is 9.62 Å². The number of piperidine rings is 1. The van der Waals surface area contributed by atoms with Crippen LogP contribution in [0.5, 0.6) is 0 Å². The molecule has 1 aliphatic carbocycles. The van der Waals surface area contributed by atoms with Gasteiger partial charge in [-0.1, -0.05) is 42.0 Å². The lowest BCUT2D eigenvalue weighted by Crippen LogP contribution is -2.46. The van der Waals surface area contributed by atoms with Crippen LogP contribution in [0.2, 0.25) is 0 Å². The van der Waals surface area contributed by atoms with E-state index in [2.05, 4.69) is 23.5 Å². The van der Waals surface area contributed by atoms with E-state index in [9.17, 15) is 13.2 Å². The fourth-order valence-electron chi connectivity index (χ4n) is 4.47. The van der Waals surface area contributed by atoms with Gasteiger partial charge in [0.1, 0.15) is 0 Å². The van der Waals surface area contributed by atoms with E-state index >= 15 is 0 Å². The summed E-state index contributed by atoms with van der Waals surface area (Å²) in [5.74, 6) is 0.375. The number of nitrogens with one attached hydrogen (secondary N) is 1. The summed E-state index contributed by atoms with van der Waals surface area (Å²) in [4.78, 5) is 12.9. The second-order valence-corrected chi connectivity index (χ2v) is 10.1. The van der Waals surface area contributed by atoms with E-state index in [1.165, 1.54) is 15.4 Å². The van der Waals surface area contributed by atoms with Crippen molar-refractivity contribution in [3.05, 3.63) is 65.2 Å². The Hall–Kier alpha value is -2.18. The van der Waals surface area contributed by atoms with Crippen molar-refractivity contribution in [2.24, 2.45) is 0 Å². The summed E-state index contributed by atoms with van der Waals surface area (Å²) in [6.07, 6.45) is 3.89. The molecule has 0 aromatic heterocycles. The fraction of sp³-hybridized carbons (Fsp3) is 0.435. The Morgan fingerprint density at radius 2 is 1.72 bits per heavy atom. The lowest BCUT2D eigenvalue weighted by molar-refractivity contribution is -0.122. The van der Waals surface area contributed by atoms with Gasteiger partial charge in [0.2, 0.25) is 15.9 Å². The molecule has 2 aromatic carbocycles. The van der Waals surface area contributed by atoms with Gasteiger partial charge in [-0.05, 0) is 61.8 Å². The lowest BCUT2D eigenvalue weighted by Gasteiger charge is -2.31. The van der Waals surface area contributed by atoms with Crippen LogP contribution < -0.4 is 5.32 Å². The van der Waals surface area contributed by atoms with Crippen LogP contribution >= 0.6 is 0 Å². The Morgan fingerprint density at radius 3 is 2.45 bits per heavy atom. The Morgan fingerprint density at radius 1 is 1.03 bits per heavy atom. The number of hydrogen-bond acceptors (Lipinski definition) is 3. The molecule has 1 unspecified atom stereocenters. The van der Waals surface area contributed by atoms with E-state index < -0.39 is 10.0 Å². The first-order valence-corrected chi connectivity index (χ1v) is 11.8. The van der Waals surface area contributed by atoms with Gasteiger partial charge in [0.05, 0.1) is 4.90 Å². The highest BCUT2D eigenvalue weighted by Crippen LogP contribution is 2.35. The molecule has 6 heteroatoms. The number of nitrogens with zero attached hydrogens (tertiary/aromatic N) is 1. The standard InChI is InChI=1S/C23H28N2O3S/c1-17-6-10-21(11-7-17)29(27,28)25-14-12-20(13-15-25)24-23(26)16-19-9-8-18-4-2-3-5-22(18)19/h2-7,10-11,19-20H,8-9,12-16H2,1H3,(H,24,26). The summed E-state index contributed by atoms with van der Waals surface area (Å²) in [5.41, 5.74) is 3.71. The molecule has 5 nitrogen and oxygen atoms in total. The van der Waals surface area contributed by atoms with Gasteiger partial charge in [-0.2, -0.15) is 4.31 Å². The number of carbonyl (C=O) groups excluding carboxylic acids is 1. The quantitative estimate of drug-likeness (QED) is 0.819. The van der Waals surface area contributed by atoms with Gasteiger partial charge >= 0.3 is 0 Å². The maximum absolute atomic E-state index is 12.8. The molecule has 29 heavy (non-hydrogen) atoms. The topological polar surface area (TPSA) is 66.5 Å². The van der Waals surface area contributed by atoms with Crippen LogP contribution in [0.1, 0.15) is 48.3 Å². The molecule has 1 fully saturated rings. The molecule has 1 atom stereocenters. The third-order valence-corrected chi connectivity index (χ3v) is 8.08. The second kappa shape index (κ2) is 8.28. The number of aryl methyl sites for hydroxylation is 2. The average molecular weight is 413 g/mol. The molecular weight excluding hydrogens is 384 g/mol. The molecule has 154 valence electrons. The zero-order valence-corrected chi connectivity index (χ0v) is 17.6. The molecule has 1 saturated heterocycles. The van der Waals surface area contributed by atoms with Crippen LogP contribution in [0.15, 0.2) is 53.4 Å². The van der Waals surface area contributed by atoms with Gasteiger partial charge in [-0.25, -0.2) is 8.42 Å². The molecule has 1 N–H and O–H groups in total. The predicted octanol–water partition coefficient (Wildman–Crippen LogP) is 3.38. The van der Waals surface area contributed by atoms with Gasteiger partial charge < -0.3 is 5.32 Å². The minimum Gasteiger partial charge on any atom is -0.353 e. The molecular formula is C23H28N2O3S. The highest BCUT2D eigenvalue weighted by atomic mass is 32.2. The summed E-state index contributed by atoms with van der Waals surface area (Å²) < 4.78 is 27.2. The second-order valence-electron chi connectivity index (χ2n) is 8.20. The van der Waals surface area contributed by atoms with Crippen molar-refractivity contribution >= 4 is 15.9 Å². The first kappa shape index (κ1) is 20.1. The summed E-state index contributed by atoms with van der Waals surface area (Å²) in [7, 11) is -3.46. The Bertz CT molecular complexity index is 977. The van der Waals surface area contributed by atoms with E-state index in [0.29, 0.717) is 43.2 Å². The number of sulfonamides is 1. The third-order valence-electron chi connectivity index (χ3n) is 6.17. The number of carbonyl (C=O) groups is 1. The SMILES string of the molecule is Cc1ccc(S(=O)(=O)N2CCC(NC(=O)CC3CCc4ccccc43)CC2)cc1. The van der Waals surface area contributed by atoms with E-state index in [-0.39, 0.29) is 11.9 Å². The normalized spacial score (nSPS) is 20.4. The molecule has 4 rings (SSSR count). The van der Waals surface area contributed by atoms with Crippen molar-refractivity contribution in [2.75, 3.05) is 13.1 Å². The molecule has 0 bridgehead atoms. The third kappa shape index (κ3) is 4.38. The Kier molecular flexibility index (Phi) is 5.74. The van der Waals surface area contributed by atoms with Crippen LogP contribution in [0, 0.1) is 6.92 Å². The molecule has 0 spiro atoms. The smallest absolute Gasteiger partial charge is 0.243 e. The summed E-state index contributed by atoms with van der Waals surface area (Å²) >= 11 is 0. The lowest BCUT2D eigenvalue weighted by atomic mass is 9.97. The summed E-state index contributed by atoms with van der Waals surface area (Å²) in [6, 6.07) is 15.4. The number of rotatable bonds is 5. The van der Waals surface area contributed by atoms with Gasteiger partial charge in [-0.3, -0.25) is 4.79 Å². The molecule has 2 aromatic rings. The van der Waals surface area contributed by atoms with Crippen LogP contribution in [0.4, 0.5) is 0 Å². The van der Waals surface area contributed by atoms with E-state index in [0.717, 1.165) is 18.4 Å². The zero-order chi connectivity index (χ0) is 20.4. The molecule has 0 saturated carbocycles. The van der Waals surface area contributed by atoms with Crippen LogP contribution in [-0.4, -0.2) is 37.8 Å². The van der Waals surface area contributed by atoms with Crippen LogP contribution in [0.25, 0.3) is 0 Å². The van der Waals surface area contributed by atoms with Crippen molar-refractivity contribution in [2.45, 2.75) is 55.9 Å². The minimum atomic E-state index is -3.46. The number of fused-ring (bicyclic) bond motifs is 1. The van der Waals surface area contributed by atoms with Crippen molar-refractivity contribution in [3.63, 3.8) is 0 Å². The summed E-state index contributed by atoms with van der Waals surface area (Å²) in [6.45, 7) is 2.82. The first-order valence-electron chi connectivity index (χ1n) is 10.4. The zero-order valence-electron chi connectivity index (χ0n) is 16.8. The maximum Gasteiger partial charge on any atom is 0.243 e. The van der Waals surface area contributed by atoms with Crippen LogP contribution in [-0.2, 0) is 21.2 Å². The van der Waals surface area contributed by atoms with Crippen molar-refractivity contribution in [1.29, 1.82) is 0 Å². The Balaban J connectivity index is 1.30. The number of hydrogen-bond donors (Lipinski definition) is 1. The average Bonchev–Trinajstić information content (AvgIpc) is 3.11. The van der Waals surface area contributed by atoms with Gasteiger partial charge in [0, 0.05) is 25.6 Å². The van der Waals surface area contributed by atoms with Crippen molar-refractivity contribution < 1.29 is 13.2 Å². The van der Waals surface area contributed by atoms with Gasteiger partial charge in [0.25, 0.3) is 0 Å². The predicted molar refractivity (Wildman–Crippen MR) is 113 cm³/mol. The fourth-order valence-corrected chi connectivity index (χ4v) is 5.94. The summed E-state index contributed by atoms with van der Waals surface area (Å²) in [5, 5.41) is 3.14. The largest absolute Gasteiger partial charge is 0.353 e. The molecule has 0 radical (unpaired) electrons. The number of benzene rings is 2. The molecule has 1 heterocycles. The van der Waals surface area contributed by atoms with E-state index in [1.807, 2.05) is 25.1 Å². The van der Waals surface area contributed by atoms with E-state index in [4.69, 9.17) is 0 Å². The Labute approximate surface area is 173 Å². The number of amides is 1. The molecule has 1 aliphatic heterocycles. The molecule has 2 aliphatic rings.